The van der Waals surface area contributed by atoms with Crippen LogP contribution in [0.2, 0.25) is 0 Å². The van der Waals surface area contributed by atoms with Crippen LogP contribution in [-0.4, -0.2) is 26.0 Å². The summed E-state index contributed by atoms with van der Waals surface area (Å²) in [5.41, 5.74) is 2.87. The van der Waals surface area contributed by atoms with Crippen LogP contribution in [0.3, 0.4) is 0 Å². The molecule has 1 aromatic carbocycles. The third-order valence-corrected chi connectivity index (χ3v) is 3.63. The highest BCUT2D eigenvalue weighted by Gasteiger charge is 2.21. The van der Waals surface area contributed by atoms with Gasteiger partial charge in [0.05, 0.1) is 0 Å². The lowest BCUT2D eigenvalue weighted by Gasteiger charge is -2.12. The fraction of sp³-hybridized carbons (Fsp3) is 0.533. The second-order valence-electron chi connectivity index (χ2n) is 4.95. The van der Waals surface area contributed by atoms with Crippen molar-refractivity contribution in [3.63, 3.8) is 0 Å². The largest absolute Gasteiger partial charge is 0.355 e. The number of hydrogen-bond donors (Lipinski definition) is 2. The number of nitrogens with one attached hydrogen (secondary N) is 2. The molecule has 1 atom stereocenters. The van der Waals surface area contributed by atoms with E-state index < -0.39 is 0 Å². The molecule has 1 amide bonds. The van der Waals surface area contributed by atoms with Crippen molar-refractivity contribution in [1.29, 1.82) is 0 Å². The van der Waals surface area contributed by atoms with Crippen LogP contribution < -0.4 is 10.6 Å². The minimum absolute atomic E-state index is 0. The van der Waals surface area contributed by atoms with Gasteiger partial charge in [-0.1, -0.05) is 24.3 Å². The van der Waals surface area contributed by atoms with E-state index in [2.05, 4.69) is 34.9 Å². The van der Waals surface area contributed by atoms with Gasteiger partial charge in [-0.25, -0.2) is 0 Å². The summed E-state index contributed by atoms with van der Waals surface area (Å²) in [5.74, 6) is 0.684. The zero-order valence-electron chi connectivity index (χ0n) is 11.4. The van der Waals surface area contributed by atoms with Crippen LogP contribution in [0.25, 0.3) is 0 Å². The molecule has 0 bridgehead atoms. The summed E-state index contributed by atoms with van der Waals surface area (Å²) in [6, 6.07) is 8.58. The van der Waals surface area contributed by atoms with E-state index in [0.717, 1.165) is 32.4 Å². The number of hydrogen-bond acceptors (Lipinski definition) is 2. The van der Waals surface area contributed by atoms with Gasteiger partial charge >= 0.3 is 0 Å². The predicted octanol–water partition coefficient (Wildman–Crippen LogP) is 2.25. The van der Waals surface area contributed by atoms with Crippen molar-refractivity contribution >= 4 is 18.3 Å². The molecule has 0 radical (unpaired) electrons. The molecule has 4 heteroatoms. The van der Waals surface area contributed by atoms with Gasteiger partial charge < -0.3 is 10.6 Å². The van der Waals surface area contributed by atoms with E-state index in [0.29, 0.717) is 12.3 Å². The van der Waals surface area contributed by atoms with Gasteiger partial charge in [0, 0.05) is 18.9 Å². The average Bonchev–Trinajstić information content (AvgIpc) is 2.80. The second-order valence-corrected chi connectivity index (χ2v) is 4.95. The molecule has 2 N–H and O–H groups in total. The van der Waals surface area contributed by atoms with Gasteiger partial charge in [-0.2, -0.15) is 0 Å². The van der Waals surface area contributed by atoms with Crippen LogP contribution in [-0.2, 0) is 11.2 Å². The van der Waals surface area contributed by atoms with Gasteiger partial charge in [0.25, 0.3) is 0 Å². The summed E-state index contributed by atoms with van der Waals surface area (Å²) in [6.07, 6.45) is 3.84. The van der Waals surface area contributed by atoms with E-state index in [4.69, 9.17) is 0 Å². The van der Waals surface area contributed by atoms with Gasteiger partial charge in [0.1, 0.15) is 0 Å². The smallest absolute Gasteiger partial charge is 0.220 e. The minimum Gasteiger partial charge on any atom is -0.355 e. The van der Waals surface area contributed by atoms with Crippen molar-refractivity contribution in [3.8, 4) is 0 Å². The number of benzene rings is 1. The lowest BCUT2D eigenvalue weighted by molar-refractivity contribution is -0.121. The molecule has 1 aromatic rings. The Balaban J connectivity index is 0.00000180. The van der Waals surface area contributed by atoms with Gasteiger partial charge in [0.15, 0.2) is 0 Å². The lowest BCUT2D eigenvalue weighted by atomic mass is 10.0. The van der Waals surface area contributed by atoms with Gasteiger partial charge in [0.2, 0.25) is 5.91 Å². The van der Waals surface area contributed by atoms with E-state index >= 15 is 0 Å². The third kappa shape index (κ3) is 4.51. The Morgan fingerprint density at radius 3 is 2.95 bits per heavy atom. The number of carbonyl (C=O) groups is 1. The van der Waals surface area contributed by atoms with Gasteiger partial charge in [-0.3, -0.25) is 4.79 Å². The average molecular weight is 283 g/mol. The Morgan fingerprint density at radius 2 is 2.16 bits per heavy atom. The highest BCUT2D eigenvalue weighted by atomic mass is 35.5. The van der Waals surface area contributed by atoms with E-state index in [-0.39, 0.29) is 18.3 Å². The minimum atomic E-state index is 0. The number of aryl methyl sites for hydroxylation is 1. The molecule has 3 nitrogen and oxygen atoms in total. The Bertz CT molecular complexity index is 409. The number of carbonyl (C=O) groups excluding carboxylic acids is 1. The quantitative estimate of drug-likeness (QED) is 0.786. The molecule has 1 aliphatic rings. The molecular weight excluding hydrogens is 260 g/mol. The van der Waals surface area contributed by atoms with Crippen molar-refractivity contribution in [2.24, 2.45) is 0 Å². The first-order valence-electron chi connectivity index (χ1n) is 6.80. The molecule has 106 valence electrons. The Morgan fingerprint density at radius 1 is 1.37 bits per heavy atom. The SMILES string of the molecule is CNCCCC(=O)NCC1CCc2ccccc21.Cl. The number of rotatable bonds is 6. The molecular formula is C15H23ClN2O. The number of amides is 1. The molecule has 0 saturated heterocycles. The van der Waals surface area contributed by atoms with E-state index in [1.165, 1.54) is 11.1 Å². The fourth-order valence-corrected chi connectivity index (χ4v) is 2.61. The Labute approximate surface area is 121 Å². The number of fused-ring (bicyclic) bond motifs is 1. The number of halogens is 1. The van der Waals surface area contributed by atoms with Crippen molar-refractivity contribution < 1.29 is 4.79 Å². The van der Waals surface area contributed by atoms with E-state index in [1.54, 1.807) is 0 Å². The summed E-state index contributed by atoms with van der Waals surface area (Å²) < 4.78 is 0. The summed E-state index contributed by atoms with van der Waals surface area (Å²) in [5, 5.41) is 6.11. The maximum Gasteiger partial charge on any atom is 0.220 e. The molecule has 0 aliphatic heterocycles. The standard InChI is InChI=1S/C15H22N2O.ClH/c1-16-10-4-7-15(18)17-11-13-9-8-12-5-2-3-6-14(12)13;/h2-3,5-6,13,16H,4,7-11H2,1H3,(H,17,18);1H. The van der Waals surface area contributed by atoms with Crippen LogP contribution in [0, 0.1) is 0 Å². The summed E-state index contributed by atoms with van der Waals surface area (Å²) in [7, 11) is 1.91. The predicted molar refractivity (Wildman–Crippen MR) is 80.9 cm³/mol. The molecule has 0 spiro atoms. The first-order chi connectivity index (χ1) is 8.81. The molecule has 19 heavy (non-hydrogen) atoms. The zero-order chi connectivity index (χ0) is 12.8. The Hall–Kier alpha value is -1.06. The summed E-state index contributed by atoms with van der Waals surface area (Å²) >= 11 is 0. The van der Waals surface area contributed by atoms with Crippen LogP contribution in [0.4, 0.5) is 0 Å². The first kappa shape index (κ1) is 16.0. The van der Waals surface area contributed by atoms with Crippen molar-refractivity contribution in [1.82, 2.24) is 10.6 Å². The third-order valence-electron chi connectivity index (χ3n) is 3.63. The summed E-state index contributed by atoms with van der Waals surface area (Å²) in [6.45, 7) is 1.69. The van der Waals surface area contributed by atoms with Gasteiger partial charge in [-0.15, -0.1) is 12.4 Å². The molecule has 2 rings (SSSR count). The molecule has 1 unspecified atom stereocenters. The van der Waals surface area contributed by atoms with Crippen LogP contribution in [0.1, 0.15) is 36.3 Å². The van der Waals surface area contributed by atoms with E-state index in [9.17, 15) is 4.79 Å². The highest BCUT2D eigenvalue weighted by molar-refractivity contribution is 5.85. The molecule has 0 heterocycles. The maximum absolute atomic E-state index is 11.6. The fourth-order valence-electron chi connectivity index (χ4n) is 2.61. The first-order valence-corrected chi connectivity index (χ1v) is 6.80. The van der Waals surface area contributed by atoms with Crippen molar-refractivity contribution in [3.05, 3.63) is 35.4 Å². The maximum atomic E-state index is 11.6. The monoisotopic (exact) mass is 282 g/mol. The lowest BCUT2D eigenvalue weighted by Crippen LogP contribution is -2.28. The Kier molecular flexibility index (Phi) is 6.89. The van der Waals surface area contributed by atoms with Crippen molar-refractivity contribution in [2.45, 2.75) is 31.6 Å². The van der Waals surface area contributed by atoms with Crippen LogP contribution in [0.5, 0.6) is 0 Å². The van der Waals surface area contributed by atoms with Crippen molar-refractivity contribution in [2.75, 3.05) is 20.1 Å². The molecule has 0 saturated carbocycles. The molecule has 0 aromatic heterocycles. The summed E-state index contributed by atoms with van der Waals surface area (Å²) in [4.78, 5) is 11.6. The normalized spacial score (nSPS) is 16.6. The van der Waals surface area contributed by atoms with Crippen LogP contribution >= 0.6 is 12.4 Å². The van der Waals surface area contributed by atoms with Gasteiger partial charge in [-0.05, 0) is 44.0 Å². The second kappa shape index (κ2) is 8.18. The van der Waals surface area contributed by atoms with E-state index in [1.807, 2.05) is 7.05 Å². The highest BCUT2D eigenvalue weighted by Crippen LogP contribution is 2.32. The zero-order valence-corrected chi connectivity index (χ0v) is 12.3. The molecule has 1 aliphatic carbocycles. The molecule has 0 fully saturated rings. The topological polar surface area (TPSA) is 41.1 Å². The van der Waals surface area contributed by atoms with Crippen LogP contribution in [0.15, 0.2) is 24.3 Å².